The molecule has 0 aliphatic carbocycles. The summed E-state index contributed by atoms with van der Waals surface area (Å²) < 4.78 is 0.930. The van der Waals surface area contributed by atoms with Crippen molar-refractivity contribution in [1.29, 1.82) is 0 Å². The molecule has 2 rings (SSSR count). The molecule has 2 aromatic carbocycles. The van der Waals surface area contributed by atoms with Crippen molar-refractivity contribution in [3.63, 3.8) is 0 Å². The number of rotatable bonds is 5. The summed E-state index contributed by atoms with van der Waals surface area (Å²) in [5.41, 5.74) is 2.91. The molecule has 122 valence electrons. The first-order valence-electron chi connectivity index (χ1n) is 7.41. The van der Waals surface area contributed by atoms with Gasteiger partial charge in [0.05, 0.1) is 10.7 Å². The van der Waals surface area contributed by atoms with Gasteiger partial charge in [0.2, 0.25) is 0 Å². The van der Waals surface area contributed by atoms with E-state index >= 15 is 0 Å². The molecule has 0 heterocycles. The van der Waals surface area contributed by atoms with E-state index in [0.717, 1.165) is 28.9 Å². The molecule has 2 N–H and O–H groups in total. The summed E-state index contributed by atoms with van der Waals surface area (Å²) in [6.45, 7) is 6.28. The number of hydrogen-bond donors (Lipinski definition) is 2. The maximum atomic E-state index is 6.18. The Morgan fingerprint density at radius 1 is 1.09 bits per heavy atom. The molecule has 0 amide bonds. The quantitative estimate of drug-likeness (QED) is 0.611. The van der Waals surface area contributed by atoms with Crippen molar-refractivity contribution >= 4 is 61.9 Å². The molecule has 3 nitrogen and oxygen atoms in total. The summed E-state index contributed by atoms with van der Waals surface area (Å²) in [7, 11) is 0. The van der Waals surface area contributed by atoms with Crippen LogP contribution in [0.5, 0.6) is 0 Å². The molecule has 0 saturated carbocycles. The third-order valence-electron chi connectivity index (χ3n) is 3.43. The van der Waals surface area contributed by atoms with Crippen molar-refractivity contribution in [2.45, 2.75) is 13.8 Å². The van der Waals surface area contributed by atoms with Crippen molar-refractivity contribution in [3.05, 3.63) is 52.0 Å². The Kier molecular flexibility index (Phi) is 6.69. The van der Waals surface area contributed by atoms with Crippen LogP contribution in [0.3, 0.4) is 0 Å². The Labute approximate surface area is 156 Å². The Morgan fingerprint density at radius 3 is 2.30 bits per heavy atom. The smallest absolute Gasteiger partial charge is 0.175 e. The van der Waals surface area contributed by atoms with Crippen LogP contribution in [0.15, 0.2) is 46.9 Å². The van der Waals surface area contributed by atoms with Crippen LogP contribution >= 0.6 is 39.7 Å². The minimum atomic E-state index is 0.504. The minimum absolute atomic E-state index is 0.504. The molecular formula is C17H19BrClN3S. The number of halogens is 2. The fraction of sp³-hybridized carbons (Fsp3) is 0.235. The van der Waals surface area contributed by atoms with Crippen molar-refractivity contribution in [2.75, 3.05) is 28.6 Å². The average Bonchev–Trinajstić information content (AvgIpc) is 2.53. The second-order valence-corrected chi connectivity index (χ2v) is 6.65. The highest BCUT2D eigenvalue weighted by Crippen LogP contribution is 2.26. The van der Waals surface area contributed by atoms with E-state index in [0.29, 0.717) is 10.1 Å². The molecule has 0 aromatic heterocycles. The average molecular weight is 413 g/mol. The lowest BCUT2D eigenvalue weighted by atomic mass is 10.2. The maximum Gasteiger partial charge on any atom is 0.175 e. The number of anilines is 3. The highest BCUT2D eigenvalue weighted by molar-refractivity contribution is 9.10. The first-order valence-corrected chi connectivity index (χ1v) is 8.99. The molecule has 0 saturated heterocycles. The minimum Gasteiger partial charge on any atom is -0.372 e. The van der Waals surface area contributed by atoms with Crippen LogP contribution < -0.4 is 15.5 Å². The second kappa shape index (κ2) is 8.52. The van der Waals surface area contributed by atoms with E-state index in [2.05, 4.69) is 57.4 Å². The molecule has 0 atom stereocenters. The van der Waals surface area contributed by atoms with Gasteiger partial charge in [-0.15, -0.1) is 0 Å². The molecule has 2 aromatic rings. The maximum absolute atomic E-state index is 6.18. The van der Waals surface area contributed by atoms with Crippen LogP contribution in [0, 0.1) is 0 Å². The molecule has 0 aliphatic rings. The van der Waals surface area contributed by atoms with Gasteiger partial charge in [-0.3, -0.25) is 0 Å². The Balaban J connectivity index is 2.00. The van der Waals surface area contributed by atoms with E-state index in [1.54, 1.807) is 0 Å². The van der Waals surface area contributed by atoms with Crippen molar-refractivity contribution in [1.82, 2.24) is 0 Å². The fourth-order valence-corrected chi connectivity index (χ4v) is 3.17. The first-order chi connectivity index (χ1) is 11.0. The van der Waals surface area contributed by atoms with Gasteiger partial charge in [0.15, 0.2) is 5.11 Å². The first kappa shape index (κ1) is 18.0. The largest absolute Gasteiger partial charge is 0.372 e. The summed E-state index contributed by atoms with van der Waals surface area (Å²) in [5.74, 6) is 0. The summed E-state index contributed by atoms with van der Waals surface area (Å²) in [4.78, 5) is 2.29. The van der Waals surface area contributed by atoms with Crippen LogP contribution in [0.4, 0.5) is 17.1 Å². The summed E-state index contributed by atoms with van der Waals surface area (Å²) in [6, 6.07) is 13.8. The lowest BCUT2D eigenvalue weighted by Crippen LogP contribution is -2.22. The highest BCUT2D eigenvalue weighted by Gasteiger charge is 2.05. The molecule has 6 heteroatoms. The van der Waals surface area contributed by atoms with Gasteiger partial charge in [0.1, 0.15) is 0 Å². The van der Waals surface area contributed by atoms with Crippen LogP contribution in [0.2, 0.25) is 5.02 Å². The van der Waals surface area contributed by atoms with E-state index in [4.69, 9.17) is 23.8 Å². The highest BCUT2D eigenvalue weighted by atomic mass is 79.9. The number of thiocarbonyl (C=S) groups is 1. The number of hydrogen-bond acceptors (Lipinski definition) is 2. The number of benzene rings is 2. The molecular weight excluding hydrogens is 394 g/mol. The van der Waals surface area contributed by atoms with E-state index in [9.17, 15) is 0 Å². The van der Waals surface area contributed by atoms with E-state index < -0.39 is 0 Å². The second-order valence-electron chi connectivity index (χ2n) is 4.92. The van der Waals surface area contributed by atoms with Crippen LogP contribution in [-0.4, -0.2) is 18.2 Å². The zero-order chi connectivity index (χ0) is 16.8. The zero-order valence-corrected chi connectivity index (χ0v) is 16.2. The van der Waals surface area contributed by atoms with Crippen LogP contribution in [0.25, 0.3) is 0 Å². The van der Waals surface area contributed by atoms with Crippen LogP contribution in [-0.2, 0) is 0 Å². The van der Waals surface area contributed by atoms with Crippen molar-refractivity contribution < 1.29 is 0 Å². The van der Waals surface area contributed by atoms with Gasteiger partial charge < -0.3 is 15.5 Å². The molecule has 0 radical (unpaired) electrons. The third kappa shape index (κ3) is 5.09. The molecule has 23 heavy (non-hydrogen) atoms. The Hall–Kier alpha value is -1.30. The van der Waals surface area contributed by atoms with E-state index in [1.165, 1.54) is 5.69 Å². The topological polar surface area (TPSA) is 27.3 Å². The van der Waals surface area contributed by atoms with Gasteiger partial charge in [-0.1, -0.05) is 27.5 Å². The van der Waals surface area contributed by atoms with Crippen molar-refractivity contribution in [2.24, 2.45) is 0 Å². The molecule has 0 fully saturated rings. The summed E-state index contributed by atoms with van der Waals surface area (Å²) in [5, 5.41) is 7.38. The predicted molar refractivity (Wildman–Crippen MR) is 109 cm³/mol. The van der Waals surface area contributed by atoms with Gasteiger partial charge >= 0.3 is 0 Å². The third-order valence-corrected chi connectivity index (χ3v) is 4.44. The lowest BCUT2D eigenvalue weighted by molar-refractivity contribution is 0.866. The monoisotopic (exact) mass is 411 g/mol. The zero-order valence-electron chi connectivity index (χ0n) is 13.1. The van der Waals surface area contributed by atoms with Gasteiger partial charge in [0.25, 0.3) is 0 Å². The normalized spacial score (nSPS) is 10.3. The Morgan fingerprint density at radius 2 is 1.74 bits per heavy atom. The molecule has 0 unspecified atom stereocenters. The number of nitrogens with one attached hydrogen (secondary N) is 2. The summed E-state index contributed by atoms with van der Waals surface area (Å²) in [6.07, 6.45) is 0. The molecule has 0 bridgehead atoms. The van der Waals surface area contributed by atoms with E-state index in [1.807, 2.05) is 30.3 Å². The molecule has 0 aliphatic heterocycles. The summed E-state index contributed by atoms with van der Waals surface area (Å²) >= 11 is 14.9. The van der Waals surface area contributed by atoms with Gasteiger partial charge in [0, 0.05) is 28.9 Å². The SMILES string of the molecule is CCN(CC)c1ccc(NC(=S)Nc2ccc(Br)cc2Cl)cc1. The fourth-order valence-electron chi connectivity index (χ4n) is 2.22. The molecule has 0 spiro atoms. The standard InChI is InChI=1S/C17H19BrClN3S/c1-3-22(4-2)14-8-6-13(7-9-14)20-17(23)21-16-10-5-12(18)11-15(16)19/h5-11H,3-4H2,1-2H3,(H2,20,21,23). The van der Waals surface area contributed by atoms with Gasteiger partial charge in [-0.25, -0.2) is 0 Å². The van der Waals surface area contributed by atoms with Crippen molar-refractivity contribution in [3.8, 4) is 0 Å². The number of nitrogens with zero attached hydrogens (tertiary/aromatic N) is 1. The van der Waals surface area contributed by atoms with E-state index in [-0.39, 0.29) is 0 Å². The predicted octanol–water partition coefficient (Wildman–Crippen LogP) is 5.76. The van der Waals surface area contributed by atoms with Crippen LogP contribution in [0.1, 0.15) is 13.8 Å². The van der Waals surface area contributed by atoms with Gasteiger partial charge in [-0.05, 0) is 68.5 Å². The Bertz CT molecular complexity index is 672. The van der Waals surface area contributed by atoms with Gasteiger partial charge in [-0.2, -0.15) is 0 Å². The lowest BCUT2D eigenvalue weighted by Gasteiger charge is -2.21.